The third-order valence-corrected chi connectivity index (χ3v) is 4.71. The van der Waals surface area contributed by atoms with Crippen LogP contribution in [0.15, 0.2) is 26.7 Å². The first-order valence-electron chi connectivity index (χ1n) is 6.43. The van der Waals surface area contributed by atoms with Crippen LogP contribution in [0.5, 0.6) is 11.5 Å². The van der Waals surface area contributed by atoms with Crippen molar-refractivity contribution in [3.05, 3.63) is 28.8 Å². The molecule has 22 heavy (non-hydrogen) atoms. The molecule has 2 rings (SSSR count). The number of carbonyl (C=O) groups excluding carboxylic acids is 2. The van der Waals surface area contributed by atoms with E-state index in [0.29, 0.717) is 27.8 Å². The van der Waals surface area contributed by atoms with E-state index in [2.05, 4.69) is 10.3 Å². The monoisotopic (exact) mass is 338 g/mol. The lowest BCUT2D eigenvalue weighted by atomic mass is 10.2. The molecule has 1 aromatic carbocycles. The van der Waals surface area contributed by atoms with E-state index in [0.717, 1.165) is 11.8 Å². The number of hydrogen-bond donors (Lipinski definition) is 3. The molecule has 0 unspecified atom stereocenters. The minimum atomic E-state index is -0.200. The maximum absolute atomic E-state index is 11.5. The number of likely N-dealkylation sites (N-methyl/N-ethyl adjacent to an activating group) is 1. The molecular formula is C14H14N2O4S2. The topological polar surface area (TPSA) is 99.5 Å². The number of rotatable bonds is 6. The third kappa shape index (κ3) is 3.99. The summed E-state index contributed by atoms with van der Waals surface area (Å²) < 4.78 is 0.632. The zero-order valence-electron chi connectivity index (χ0n) is 11.7. The van der Waals surface area contributed by atoms with Crippen LogP contribution in [0.25, 0.3) is 0 Å². The Bertz CT molecular complexity index is 700. The van der Waals surface area contributed by atoms with E-state index in [4.69, 9.17) is 0 Å². The van der Waals surface area contributed by atoms with Crippen LogP contribution < -0.4 is 5.32 Å². The maximum atomic E-state index is 11.5. The van der Waals surface area contributed by atoms with E-state index in [1.807, 2.05) is 6.92 Å². The van der Waals surface area contributed by atoms with E-state index in [9.17, 15) is 19.8 Å². The van der Waals surface area contributed by atoms with Gasteiger partial charge in [-0.05, 0) is 19.1 Å². The van der Waals surface area contributed by atoms with Gasteiger partial charge in [0.15, 0.2) is 10.6 Å². The molecule has 0 bridgehead atoms. The van der Waals surface area contributed by atoms with Gasteiger partial charge in [0.05, 0.1) is 22.6 Å². The predicted molar refractivity (Wildman–Crippen MR) is 83.8 cm³/mol. The minimum Gasteiger partial charge on any atom is -0.507 e. The van der Waals surface area contributed by atoms with E-state index in [1.165, 1.54) is 23.5 Å². The predicted octanol–water partition coefficient (Wildman–Crippen LogP) is 2.20. The second-order valence-corrected chi connectivity index (χ2v) is 6.48. The molecule has 0 atom stereocenters. The Hall–Kier alpha value is -2.06. The van der Waals surface area contributed by atoms with E-state index in [-0.39, 0.29) is 29.4 Å². The average Bonchev–Trinajstić information content (AvgIpc) is 2.89. The SMILES string of the molecule is CCNC(=O)Cc1csc(Sc2cc(O)c(C=O)cc2O)n1. The number of phenolic OH excluding ortho intramolecular Hbond substituents is 2. The van der Waals surface area contributed by atoms with Gasteiger partial charge in [-0.3, -0.25) is 9.59 Å². The summed E-state index contributed by atoms with van der Waals surface area (Å²) in [6.07, 6.45) is 0.670. The first-order valence-corrected chi connectivity index (χ1v) is 8.13. The number of nitrogens with one attached hydrogen (secondary N) is 1. The zero-order valence-corrected chi connectivity index (χ0v) is 13.3. The summed E-state index contributed by atoms with van der Waals surface area (Å²) in [4.78, 5) is 26.9. The van der Waals surface area contributed by atoms with Crippen molar-refractivity contribution in [2.45, 2.75) is 22.6 Å². The largest absolute Gasteiger partial charge is 0.507 e. The number of phenols is 2. The van der Waals surface area contributed by atoms with Crippen LogP contribution in [-0.4, -0.2) is 33.9 Å². The van der Waals surface area contributed by atoms with Crippen molar-refractivity contribution < 1.29 is 19.8 Å². The first kappa shape index (κ1) is 16.3. The fourth-order valence-corrected chi connectivity index (χ4v) is 3.52. The molecule has 0 radical (unpaired) electrons. The zero-order chi connectivity index (χ0) is 16.1. The average molecular weight is 338 g/mol. The highest BCUT2D eigenvalue weighted by Crippen LogP contribution is 2.39. The molecule has 0 aliphatic carbocycles. The van der Waals surface area contributed by atoms with Gasteiger partial charge in [-0.25, -0.2) is 4.98 Å². The molecule has 1 amide bonds. The third-order valence-electron chi connectivity index (χ3n) is 2.68. The van der Waals surface area contributed by atoms with Crippen molar-refractivity contribution in [2.24, 2.45) is 0 Å². The molecule has 0 spiro atoms. The van der Waals surface area contributed by atoms with Crippen LogP contribution in [0, 0.1) is 0 Å². The molecule has 0 aliphatic rings. The number of thiazole rings is 1. The Balaban J connectivity index is 2.12. The van der Waals surface area contributed by atoms with Crippen molar-refractivity contribution in [1.29, 1.82) is 0 Å². The van der Waals surface area contributed by atoms with Crippen LogP contribution >= 0.6 is 23.1 Å². The van der Waals surface area contributed by atoms with Gasteiger partial charge in [0.1, 0.15) is 11.5 Å². The number of benzene rings is 1. The lowest BCUT2D eigenvalue weighted by Gasteiger charge is -2.04. The highest BCUT2D eigenvalue weighted by Gasteiger charge is 2.13. The maximum Gasteiger partial charge on any atom is 0.226 e. The molecule has 6 nitrogen and oxygen atoms in total. The quantitative estimate of drug-likeness (QED) is 0.551. The van der Waals surface area contributed by atoms with Gasteiger partial charge < -0.3 is 15.5 Å². The fraction of sp³-hybridized carbons (Fsp3) is 0.214. The van der Waals surface area contributed by atoms with Gasteiger partial charge >= 0.3 is 0 Å². The smallest absolute Gasteiger partial charge is 0.226 e. The van der Waals surface area contributed by atoms with Gasteiger partial charge in [0.25, 0.3) is 0 Å². The van der Waals surface area contributed by atoms with Crippen molar-refractivity contribution >= 4 is 35.3 Å². The van der Waals surface area contributed by atoms with Gasteiger partial charge in [-0.15, -0.1) is 11.3 Å². The Labute approximate surface area is 135 Å². The molecule has 3 N–H and O–H groups in total. The van der Waals surface area contributed by atoms with Gasteiger partial charge in [0, 0.05) is 11.9 Å². The van der Waals surface area contributed by atoms with Crippen LogP contribution in [0.2, 0.25) is 0 Å². The minimum absolute atomic E-state index is 0.0258. The lowest BCUT2D eigenvalue weighted by molar-refractivity contribution is -0.120. The summed E-state index contributed by atoms with van der Waals surface area (Å²) in [6, 6.07) is 2.52. The van der Waals surface area contributed by atoms with E-state index >= 15 is 0 Å². The molecule has 0 saturated carbocycles. The second kappa shape index (κ2) is 7.28. The molecule has 2 aromatic rings. The summed E-state index contributed by atoms with van der Waals surface area (Å²) in [7, 11) is 0. The fourth-order valence-electron chi connectivity index (χ4n) is 1.68. The summed E-state index contributed by atoms with van der Waals surface area (Å²) >= 11 is 2.50. The molecule has 0 fully saturated rings. The van der Waals surface area contributed by atoms with Crippen molar-refractivity contribution in [3.63, 3.8) is 0 Å². The van der Waals surface area contributed by atoms with Gasteiger partial charge in [0.2, 0.25) is 5.91 Å². The molecule has 0 saturated heterocycles. The second-order valence-electron chi connectivity index (χ2n) is 4.33. The normalized spacial score (nSPS) is 10.4. The standard InChI is InChI=1S/C14H14N2O4S2/c1-2-15-13(20)4-9-7-21-14(16-9)22-12-5-10(18)8(6-17)3-11(12)19/h3,5-7,18-19H,2,4H2,1H3,(H,15,20). The molecule has 8 heteroatoms. The highest BCUT2D eigenvalue weighted by molar-refractivity contribution is 8.01. The highest BCUT2D eigenvalue weighted by atomic mass is 32.2. The van der Waals surface area contributed by atoms with E-state index < -0.39 is 0 Å². The molecule has 116 valence electrons. The number of carbonyl (C=O) groups is 2. The molecule has 1 heterocycles. The van der Waals surface area contributed by atoms with Gasteiger partial charge in [-0.2, -0.15) is 0 Å². The number of amides is 1. The summed E-state index contributed by atoms with van der Waals surface area (Å²) in [6.45, 7) is 2.42. The van der Waals surface area contributed by atoms with Crippen molar-refractivity contribution in [3.8, 4) is 11.5 Å². The first-order chi connectivity index (χ1) is 10.5. The van der Waals surface area contributed by atoms with Crippen molar-refractivity contribution in [2.75, 3.05) is 6.54 Å². The summed E-state index contributed by atoms with van der Waals surface area (Å²) in [5.41, 5.74) is 0.671. The summed E-state index contributed by atoms with van der Waals surface area (Å²) in [5, 5.41) is 24.0. The number of aldehydes is 1. The Morgan fingerprint density at radius 2 is 2.18 bits per heavy atom. The Morgan fingerprint density at radius 1 is 1.41 bits per heavy atom. The summed E-state index contributed by atoms with van der Waals surface area (Å²) in [5.74, 6) is -0.403. The van der Waals surface area contributed by atoms with Crippen LogP contribution in [-0.2, 0) is 11.2 Å². The van der Waals surface area contributed by atoms with Gasteiger partial charge in [-0.1, -0.05) is 11.8 Å². The van der Waals surface area contributed by atoms with Crippen LogP contribution in [0.4, 0.5) is 0 Å². The lowest BCUT2D eigenvalue weighted by Crippen LogP contribution is -2.24. The Kier molecular flexibility index (Phi) is 5.40. The molecule has 0 aliphatic heterocycles. The number of hydrogen-bond acceptors (Lipinski definition) is 7. The van der Waals surface area contributed by atoms with E-state index in [1.54, 1.807) is 5.38 Å². The molecule has 1 aromatic heterocycles. The van der Waals surface area contributed by atoms with Crippen LogP contribution in [0.1, 0.15) is 23.0 Å². The number of aromatic hydroxyl groups is 2. The molecular weight excluding hydrogens is 324 g/mol. The van der Waals surface area contributed by atoms with Crippen LogP contribution in [0.3, 0.4) is 0 Å². The number of nitrogens with zero attached hydrogens (tertiary/aromatic N) is 1. The Morgan fingerprint density at radius 3 is 2.86 bits per heavy atom. The van der Waals surface area contributed by atoms with Crippen molar-refractivity contribution in [1.82, 2.24) is 10.3 Å². The number of aromatic nitrogens is 1.